The van der Waals surface area contributed by atoms with E-state index in [9.17, 15) is 14.0 Å². The fourth-order valence-electron chi connectivity index (χ4n) is 3.07. The Morgan fingerprint density at radius 1 is 1.07 bits per heavy atom. The normalized spacial score (nSPS) is 10.8. The molecule has 1 N–H and O–H groups in total. The largest absolute Gasteiger partial charge is 0.778 e. The number of aromatic nitrogens is 2. The van der Waals surface area contributed by atoms with E-state index >= 15 is 0 Å². The molecule has 4 rings (SSSR count). The Kier molecular flexibility index (Phi) is 5.05. The molecule has 2 aromatic carbocycles. The van der Waals surface area contributed by atoms with Crippen LogP contribution < -0.4 is 10.9 Å². The van der Waals surface area contributed by atoms with E-state index in [-0.39, 0.29) is 12.1 Å². The lowest BCUT2D eigenvalue weighted by atomic mass is 10.1. The highest BCUT2D eigenvalue weighted by Gasteiger charge is 2.17. The minimum absolute atomic E-state index is 0.0439. The molecule has 29 heavy (non-hydrogen) atoms. The standard InChI is InChI=1S/C22H16FN3O2S/c23-17-8-2-1-6-15(17)13-26-20-14(7-5-11-24-20)12-16(22(26)28)21(27)25-18-9-3-4-10-19(18)29/h1-12,29H,13H2,(H,25,27)/p-1. The lowest BCUT2D eigenvalue weighted by molar-refractivity contribution is 0.102. The smallest absolute Gasteiger partial charge is 0.265 e. The lowest BCUT2D eigenvalue weighted by Gasteiger charge is -2.16. The van der Waals surface area contributed by atoms with E-state index in [0.29, 0.717) is 27.2 Å². The SMILES string of the molecule is O=C(Nc1ccccc1[S-])c1cc2cccnc2n(Cc2ccccc2F)c1=O. The lowest BCUT2D eigenvalue weighted by Crippen LogP contribution is -2.30. The number of carbonyl (C=O) groups is 1. The van der Waals surface area contributed by atoms with Crippen molar-refractivity contribution in [3.63, 3.8) is 0 Å². The summed E-state index contributed by atoms with van der Waals surface area (Å²) >= 11 is 5.21. The molecule has 2 aromatic heterocycles. The van der Waals surface area contributed by atoms with Gasteiger partial charge in [0.25, 0.3) is 11.5 Å². The number of fused-ring (bicyclic) bond motifs is 1. The van der Waals surface area contributed by atoms with Crippen LogP contribution in [-0.4, -0.2) is 15.5 Å². The van der Waals surface area contributed by atoms with Gasteiger partial charge in [0.2, 0.25) is 0 Å². The van der Waals surface area contributed by atoms with E-state index in [1.54, 1.807) is 60.8 Å². The van der Waals surface area contributed by atoms with Crippen molar-refractivity contribution in [2.75, 3.05) is 5.32 Å². The molecule has 0 bridgehead atoms. The first-order valence-corrected chi connectivity index (χ1v) is 9.25. The topological polar surface area (TPSA) is 64.0 Å². The molecule has 5 nitrogen and oxygen atoms in total. The fourth-order valence-corrected chi connectivity index (χ4v) is 3.27. The van der Waals surface area contributed by atoms with Gasteiger partial charge in [-0.25, -0.2) is 9.37 Å². The highest BCUT2D eigenvalue weighted by molar-refractivity contribution is 7.59. The van der Waals surface area contributed by atoms with Gasteiger partial charge in [-0.15, -0.1) is 0 Å². The number of hydrogen-bond donors (Lipinski definition) is 1. The van der Waals surface area contributed by atoms with Crippen LogP contribution in [0.15, 0.2) is 82.6 Å². The zero-order chi connectivity index (χ0) is 20.4. The minimum Gasteiger partial charge on any atom is -0.778 e. The molecule has 0 aliphatic rings. The number of carbonyl (C=O) groups excluding carboxylic acids is 1. The van der Waals surface area contributed by atoms with Gasteiger partial charge in [-0.05, 0) is 30.3 Å². The third-order valence-corrected chi connectivity index (χ3v) is 4.87. The summed E-state index contributed by atoms with van der Waals surface area (Å²) in [7, 11) is 0. The number of rotatable bonds is 4. The summed E-state index contributed by atoms with van der Waals surface area (Å²) < 4.78 is 15.5. The molecule has 0 unspecified atom stereocenters. The highest BCUT2D eigenvalue weighted by atomic mass is 32.1. The summed E-state index contributed by atoms with van der Waals surface area (Å²) in [6.07, 6.45) is 1.55. The number of para-hydroxylation sites is 1. The van der Waals surface area contributed by atoms with Gasteiger partial charge in [0.15, 0.2) is 0 Å². The molecule has 2 heterocycles. The van der Waals surface area contributed by atoms with Gasteiger partial charge in [-0.1, -0.05) is 36.4 Å². The van der Waals surface area contributed by atoms with Crippen LogP contribution in [0.5, 0.6) is 0 Å². The number of pyridine rings is 2. The molecule has 0 atom stereocenters. The molecule has 0 radical (unpaired) electrons. The van der Waals surface area contributed by atoms with E-state index in [1.807, 2.05) is 0 Å². The first-order chi connectivity index (χ1) is 14.0. The monoisotopic (exact) mass is 404 g/mol. The maximum Gasteiger partial charge on any atom is 0.265 e. The molecule has 0 saturated heterocycles. The Hall–Kier alpha value is -3.58. The summed E-state index contributed by atoms with van der Waals surface area (Å²) in [4.78, 5) is 30.7. The van der Waals surface area contributed by atoms with Crippen molar-refractivity contribution in [2.45, 2.75) is 11.4 Å². The van der Waals surface area contributed by atoms with Gasteiger partial charge >= 0.3 is 0 Å². The van der Waals surface area contributed by atoms with E-state index in [1.165, 1.54) is 16.7 Å². The van der Waals surface area contributed by atoms with Gasteiger partial charge in [-0.3, -0.25) is 14.2 Å². The maximum absolute atomic E-state index is 14.2. The Balaban J connectivity index is 1.82. The molecule has 0 fully saturated rings. The fraction of sp³-hybridized carbons (Fsp3) is 0.0455. The predicted molar refractivity (Wildman–Crippen MR) is 112 cm³/mol. The summed E-state index contributed by atoms with van der Waals surface area (Å²) in [6, 6.07) is 18.0. The second-order valence-corrected chi connectivity index (χ2v) is 6.85. The van der Waals surface area contributed by atoms with E-state index in [0.717, 1.165) is 0 Å². The predicted octanol–water partition coefficient (Wildman–Crippen LogP) is 3.74. The molecule has 0 saturated carbocycles. The third kappa shape index (κ3) is 3.72. The van der Waals surface area contributed by atoms with Gasteiger partial charge < -0.3 is 17.9 Å². The van der Waals surface area contributed by atoms with E-state index < -0.39 is 17.3 Å². The molecule has 4 aromatic rings. The van der Waals surface area contributed by atoms with Crippen molar-refractivity contribution in [2.24, 2.45) is 0 Å². The Morgan fingerprint density at radius 2 is 1.83 bits per heavy atom. The maximum atomic E-state index is 14.2. The highest BCUT2D eigenvalue weighted by Crippen LogP contribution is 2.17. The minimum atomic E-state index is -0.583. The van der Waals surface area contributed by atoms with Gasteiger partial charge in [0.1, 0.15) is 17.0 Å². The van der Waals surface area contributed by atoms with Crippen LogP contribution >= 0.6 is 0 Å². The molecule has 1 amide bonds. The quantitative estimate of drug-likeness (QED) is 0.527. The van der Waals surface area contributed by atoms with Crippen LogP contribution in [0.1, 0.15) is 15.9 Å². The molecular weight excluding hydrogens is 389 g/mol. The van der Waals surface area contributed by atoms with Crippen molar-refractivity contribution in [3.05, 3.63) is 100 Å². The van der Waals surface area contributed by atoms with E-state index in [4.69, 9.17) is 12.6 Å². The van der Waals surface area contributed by atoms with E-state index in [2.05, 4.69) is 10.3 Å². The Bertz CT molecular complexity index is 1290. The van der Waals surface area contributed by atoms with Crippen molar-refractivity contribution in [3.8, 4) is 0 Å². The zero-order valence-corrected chi connectivity index (χ0v) is 15.9. The van der Waals surface area contributed by atoms with Crippen LogP contribution in [0, 0.1) is 5.82 Å². The summed E-state index contributed by atoms with van der Waals surface area (Å²) in [5.74, 6) is -1.02. The number of benzene rings is 2. The molecular formula is C22H15FN3O2S-. The van der Waals surface area contributed by atoms with Crippen molar-refractivity contribution in [1.82, 2.24) is 9.55 Å². The second kappa shape index (κ2) is 7.81. The van der Waals surface area contributed by atoms with Crippen molar-refractivity contribution >= 4 is 35.3 Å². The molecule has 0 spiro atoms. The number of nitrogens with one attached hydrogen (secondary N) is 1. The first kappa shape index (κ1) is 18.8. The van der Waals surface area contributed by atoms with Crippen LogP contribution in [0.2, 0.25) is 0 Å². The summed E-state index contributed by atoms with van der Waals surface area (Å²) in [5.41, 5.74) is 0.522. The Morgan fingerprint density at radius 3 is 2.62 bits per heavy atom. The Labute approximate surface area is 171 Å². The number of halogens is 1. The number of amides is 1. The van der Waals surface area contributed by atoms with Gasteiger partial charge in [0, 0.05) is 22.8 Å². The second-order valence-electron chi connectivity index (χ2n) is 6.41. The summed E-state index contributed by atoms with van der Waals surface area (Å²) in [5, 5.41) is 3.28. The van der Waals surface area contributed by atoms with Gasteiger partial charge in [0.05, 0.1) is 6.54 Å². The third-order valence-electron chi connectivity index (χ3n) is 4.51. The van der Waals surface area contributed by atoms with Crippen molar-refractivity contribution in [1.29, 1.82) is 0 Å². The average Bonchev–Trinajstić information content (AvgIpc) is 2.73. The molecule has 0 aliphatic carbocycles. The number of anilines is 1. The summed E-state index contributed by atoms with van der Waals surface area (Å²) in [6.45, 7) is -0.0439. The zero-order valence-electron chi connectivity index (χ0n) is 15.1. The number of hydrogen-bond acceptors (Lipinski definition) is 4. The van der Waals surface area contributed by atoms with Crippen LogP contribution in [0.25, 0.3) is 11.0 Å². The molecule has 7 heteroatoms. The van der Waals surface area contributed by atoms with Crippen LogP contribution in [-0.2, 0) is 19.2 Å². The average molecular weight is 404 g/mol. The molecule has 144 valence electrons. The molecule has 0 aliphatic heterocycles. The van der Waals surface area contributed by atoms with Gasteiger partial charge in [-0.2, -0.15) is 4.90 Å². The van der Waals surface area contributed by atoms with Crippen LogP contribution in [0.3, 0.4) is 0 Å². The van der Waals surface area contributed by atoms with Crippen LogP contribution in [0.4, 0.5) is 10.1 Å². The number of nitrogens with zero attached hydrogens (tertiary/aromatic N) is 2. The first-order valence-electron chi connectivity index (χ1n) is 8.84. The van der Waals surface area contributed by atoms with Crippen molar-refractivity contribution < 1.29 is 9.18 Å².